The fourth-order valence-corrected chi connectivity index (χ4v) is 2.82. The summed E-state index contributed by atoms with van der Waals surface area (Å²) in [5.41, 5.74) is 5.36. The highest BCUT2D eigenvalue weighted by molar-refractivity contribution is 7.89. The molecule has 0 saturated heterocycles. The molecule has 17 heavy (non-hydrogen) atoms. The normalized spacial score (nSPS) is 13.6. The second kappa shape index (κ2) is 4.99. The Morgan fingerprint density at radius 3 is 2.65 bits per heavy atom. The summed E-state index contributed by atoms with van der Waals surface area (Å²) in [6, 6.07) is 1.51. The number of aliphatic hydroxyl groups is 1. The molecule has 0 radical (unpaired) electrons. The number of aliphatic hydroxyl groups excluding tert-OH is 1. The molecule has 0 fully saturated rings. The van der Waals surface area contributed by atoms with E-state index in [0.29, 0.717) is 0 Å². The van der Waals surface area contributed by atoms with Gasteiger partial charge in [0.1, 0.15) is 5.82 Å². The molecule has 0 amide bonds. The maximum absolute atomic E-state index is 13.1. The maximum Gasteiger partial charge on any atom is 0.241 e. The topological polar surface area (TPSA) is 92.4 Å². The van der Waals surface area contributed by atoms with Gasteiger partial charge in [0.05, 0.1) is 17.2 Å². The zero-order valence-corrected chi connectivity index (χ0v) is 10.4. The molecule has 1 aromatic rings. The lowest BCUT2D eigenvalue weighted by Crippen LogP contribution is -2.35. The first-order valence-electron chi connectivity index (χ1n) is 4.96. The average molecular weight is 262 g/mol. The van der Waals surface area contributed by atoms with E-state index < -0.39 is 21.9 Å². The highest BCUT2D eigenvalue weighted by Gasteiger charge is 2.20. The number of halogens is 1. The summed E-state index contributed by atoms with van der Waals surface area (Å²) >= 11 is 0. The summed E-state index contributed by atoms with van der Waals surface area (Å²) in [6.45, 7) is 2.66. The Balaban J connectivity index is 3.20. The quantitative estimate of drug-likeness (QED) is 0.684. The van der Waals surface area contributed by atoms with Gasteiger partial charge in [-0.1, -0.05) is 0 Å². The van der Waals surface area contributed by atoms with E-state index in [1.54, 1.807) is 0 Å². The number of hydrogen-bond acceptors (Lipinski definition) is 4. The van der Waals surface area contributed by atoms with E-state index in [2.05, 4.69) is 4.72 Å². The molecule has 0 aliphatic heterocycles. The SMILES string of the molecule is Cc1cc(F)c(N)cc1S(=O)(=O)NC(C)CO. The predicted octanol–water partition coefficient (Wildman–Crippen LogP) is 0.375. The van der Waals surface area contributed by atoms with E-state index in [1.807, 2.05) is 0 Å². The Kier molecular flexibility index (Phi) is 4.07. The van der Waals surface area contributed by atoms with Crippen molar-refractivity contribution < 1.29 is 17.9 Å². The second-order valence-corrected chi connectivity index (χ2v) is 5.53. The molecular formula is C10H15FN2O3S. The number of nitrogen functional groups attached to an aromatic ring is 1. The van der Waals surface area contributed by atoms with E-state index in [1.165, 1.54) is 13.8 Å². The van der Waals surface area contributed by atoms with Gasteiger partial charge >= 0.3 is 0 Å². The van der Waals surface area contributed by atoms with E-state index >= 15 is 0 Å². The van der Waals surface area contributed by atoms with Crippen LogP contribution in [0.4, 0.5) is 10.1 Å². The van der Waals surface area contributed by atoms with E-state index in [0.717, 1.165) is 12.1 Å². The fraction of sp³-hybridized carbons (Fsp3) is 0.400. The molecule has 4 N–H and O–H groups in total. The van der Waals surface area contributed by atoms with Crippen molar-refractivity contribution >= 4 is 15.7 Å². The highest BCUT2D eigenvalue weighted by Crippen LogP contribution is 2.21. The minimum Gasteiger partial charge on any atom is -0.396 e. The molecule has 0 spiro atoms. The van der Waals surface area contributed by atoms with Crippen LogP contribution in [0.2, 0.25) is 0 Å². The summed E-state index contributed by atoms with van der Waals surface area (Å²) < 4.78 is 39.1. The van der Waals surface area contributed by atoms with Crippen LogP contribution in [0, 0.1) is 12.7 Å². The van der Waals surface area contributed by atoms with Crippen molar-refractivity contribution in [3.63, 3.8) is 0 Å². The third kappa shape index (κ3) is 3.15. The minimum atomic E-state index is -3.80. The fourth-order valence-electron chi connectivity index (χ4n) is 1.32. The van der Waals surface area contributed by atoms with Crippen LogP contribution in [-0.2, 0) is 10.0 Å². The van der Waals surface area contributed by atoms with Crippen molar-refractivity contribution in [1.82, 2.24) is 4.72 Å². The Morgan fingerprint density at radius 1 is 1.53 bits per heavy atom. The largest absolute Gasteiger partial charge is 0.396 e. The van der Waals surface area contributed by atoms with E-state index in [9.17, 15) is 12.8 Å². The van der Waals surface area contributed by atoms with Crippen molar-refractivity contribution in [2.45, 2.75) is 24.8 Å². The first-order chi connectivity index (χ1) is 7.77. The molecule has 0 aliphatic rings. The molecule has 0 saturated carbocycles. The Hall–Kier alpha value is -1.18. The van der Waals surface area contributed by atoms with E-state index in [4.69, 9.17) is 10.8 Å². The lowest BCUT2D eigenvalue weighted by Gasteiger charge is -2.14. The van der Waals surface area contributed by atoms with Gasteiger partial charge in [-0.15, -0.1) is 0 Å². The molecule has 7 heteroatoms. The van der Waals surface area contributed by atoms with Crippen molar-refractivity contribution in [3.8, 4) is 0 Å². The highest BCUT2D eigenvalue weighted by atomic mass is 32.2. The van der Waals surface area contributed by atoms with Crippen molar-refractivity contribution in [3.05, 3.63) is 23.5 Å². The lowest BCUT2D eigenvalue weighted by molar-refractivity contribution is 0.265. The molecule has 0 aliphatic carbocycles. The van der Waals surface area contributed by atoms with Crippen LogP contribution in [-0.4, -0.2) is 26.2 Å². The third-order valence-electron chi connectivity index (χ3n) is 2.21. The Morgan fingerprint density at radius 2 is 2.12 bits per heavy atom. The van der Waals surface area contributed by atoms with Crippen LogP contribution in [0.15, 0.2) is 17.0 Å². The molecule has 0 bridgehead atoms. The molecule has 1 atom stereocenters. The Bertz CT molecular complexity index is 517. The average Bonchev–Trinajstić information content (AvgIpc) is 2.22. The standard InChI is InChI=1S/C10H15FN2O3S/c1-6-3-8(11)9(12)4-10(6)17(15,16)13-7(2)5-14/h3-4,7,13-14H,5,12H2,1-2H3. The zero-order valence-electron chi connectivity index (χ0n) is 9.57. The van der Waals surface area contributed by atoms with Gasteiger partial charge < -0.3 is 10.8 Å². The summed E-state index contributed by atoms with van der Waals surface area (Å²) in [4.78, 5) is -0.0864. The number of rotatable bonds is 4. The van der Waals surface area contributed by atoms with Gasteiger partial charge in [0.2, 0.25) is 10.0 Å². The van der Waals surface area contributed by atoms with Crippen molar-refractivity contribution in [2.75, 3.05) is 12.3 Å². The molecular weight excluding hydrogens is 247 g/mol. The first-order valence-corrected chi connectivity index (χ1v) is 6.45. The summed E-state index contributed by atoms with van der Waals surface area (Å²) in [6.07, 6.45) is 0. The Labute approximate surface area is 99.5 Å². The van der Waals surface area contributed by atoms with Gasteiger partial charge in [0.25, 0.3) is 0 Å². The number of hydrogen-bond donors (Lipinski definition) is 3. The van der Waals surface area contributed by atoms with Crippen LogP contribution >= 0.6 is 0 Å². The maximum atomic E-state index is 13.1. The summed E-state index contributed by atoms with van der Waals surface area (Å²) in [5.74, 6) is -0.656. The predicted molar refractivity (Wildman–Crippen MR) is 62.4 cm³/mol. The monoisotopic (exact) mass is 262 g/mol. The number of benzene rings is 1. The van der Waals surface area contributed by atoms with Gasteiger partial charge in [0.15, 0.2) is 0 Å². The molecule has 0 heterocycles. The van der Waals surface area contributed by atoms with Crippen molar-refractivity contribution in [2.24, 2.45) is 0 Å². The second-order valence-electron chi connectivity index (χ2n) is 3.84. The molecule has 0 aromatic heterocycles. The van der Waals surface area contributed by atoms with Crippen LogP contribution in [0.5, 0.6) is 0 Å². The molecule has 1 unspecified atom stereocenters. The summed E-state index contributed by atoms with van der Waals surface area (Å²) in [7, 11) is -3.80. The molecule has 1 aromatic carbocycles. The number of nitrogens with one attached hydrogen (secondary N) is 1. The van der Waals surface area contributed by atoms with Gasteiger partial charge in [-0.2, -0.15) is 0 Å². The van der Waals surface area contributed by atoms with Crippen LogP contribution in [0.3, 0.4) is 0 Å². The molecule has 5 nitrogen and oxygen atoms in total. The van der Waals surface area contributed by atoms with Crippen LogP contribution < -0.4 is 10.5 Å². The third-order valence-corrected chi connectivity index (χ3v) is 3.95. The van der Waals surface area contributed by atoms with Gasteiger partial charge in [-0.25, -0.2) is 17.5 Å². The van der Waals surface area contributed by atoms with Crippen LogP contribution in [0.25, 0.3) is 0 Å². The van der Waals surface area contributed by atoms with Crippen LogP contribution in [0.1, 0.15) is 12.5 Å². The number of aryl methyl sites for hydroxylation is 1. The van der Waals surface area contributed by atoms with Gasteiger partial charge in [-0.3, -0.25) is 0 Å². The number of sulfonamides is 1. The van der Waals surface area contributed by atoms with Gasteiger partial charge in [0, 0.05) is 6.04 Å². The minimum absolute atomic E-state index is 0.0864. The first kappa shape index (κ1) is 13.9. The lowest BCUT2D eigenvalue weighted by atomic mass is 10.2. The van der Waals surface area contributed by atoms with Crippen molar-refractivity contribution in [1.29, 1.82) is 0 Å². The zero-order chi connectivity index (χ0) is 13.2. The molecule has 1 rings (SSSR count). The van der Waals surface area contributed by atoms with Gasteiger partial charge in [-0.05, 0) is 31.5 Å². The number of nitrogens with two attached hydrogens (primary N) is 1. The smallest absolute Gasteiger partial charge is 0.241 e. The summed E-state index contributed by atoms with van der Waals surface area (Å²) in [5, 5.41) is 8.80. The van der Waals surface area contributed by atoms with E-state index in [-0.39, 0.29) is 22.8 Å². The molecule has 96 valence electrons. The number of anilines is 1.